The maximum Gasteiger partial charge on any atom is 0.306 e. The van der Waals surface area contributed by atoms with Crippen molar-refractivity contribution in [2.45, 2.75) is 39.0 Å². The molecule has 0 saturated carbocycles. The third-order valence-electron chi connectivity index (χ3n) is 5.55. The van der Waals surface area contributed by atoms with Crippen LogP contribution >= 0.6 is 0 Å². The fourth-order valence-corrected chi connectivity index (χ4v) is 3.71. The van der Waals surface area contributed by atoms with E-state index in [9.17, 15) is 14.7 Å². The Morgan fingerprint density at radius 2 is 1.47 bits per heavy atom. The van der Waals surface area contributed by atoms with Gasteiger partial charge in [0, 0.05) is 5.56 Å². The van der Waals surface area contributed by atoms with Crippen LogP contribution in [0.2, 0.25) is 0 Å². The minimum Gasteiger partial charge on any atom is -0.481 e. The molecular weight excluding hydrogens is 372 g/mol. The number of carbonyl (C=O) groups excluding carboxylic acids is 1. The fourth-order valence-electron chi connectivity index (χ4n) is 3.71. The van der Waals surface area contributed by atoms with Crippen molar-refractivity contribution in [3.8, 4) is 11.1 Å². The highest BCUT2D eigenvalue weighted by Crippen LogP contribution is 2.23. The Bertz CT molecular complexity index is 975. The van der Waals surface area contributed by atoms with Crippen molar-refractivity contribution in [3.63, 3.8) is 0 Å². The summed E-state index contributed by atoms with van der Waals surface area (Å²) in [4.78, 5) is 23.3. The summed E-state index contributed by atoms with van der Waals surface area (Å²) in [6.07, 6.45) is 3.88. The van der Waals surface area contributed by atoms with Crippen molar-refractivity contribution in [1.29, 1.82) is 0 Å². The molecule has 0 radical (unpaired) electrons. The molecule has 0 aliphatic carbocycles. The van der Waals surface area contributed by atoms with Crippen LogP contribution < -0.4 is 0 Å². The summed E-state index contributed by atoms with van der Waals surface area (Å²) in [7, 11) is 0. The monoisotopic (exact) mass is 400 g/mol. The molecule has 0 heterocycles. The Morgan fingerprint density at radius 1 is 0.767 bits per heavy atom. The number of carboxylic acids is 1. The van der Waals surface area contributed by atoms with Gasteiger partial charge in [0.2, 0.25) is 0 Å². The summed E-state index contributed by atoms with van der Waals surface area (Å²) in [6.45, 7) is 1.57. The Hall–Kier alpha value is -3.20. The molecule has 154 valence electrons. The van der Waals surface area contributed by atoms with Crippen molar-refractivity contribution in [2.75, 3.05) is 0 Å². The van der Waals surface area contributed by atoms with Gasteiger partial charge in [-0.15, -0.1) is 0 Å². The van der Waals surface area contributed by atoms with Crippen LogP contribution in [0.15, 0.2) is 78.9 Å². The van der Waals surface area contributed by atoms with Crippen LogP contribution in [0.3, 0.4) is 0 Å². The smallest absolute Gasteiger partial charge is 0.306 e. The van der Waals surface area contributed by atoms with Crippen LogP contribution in [0, 0.1) is 5.92 Å². The number of benzene rings is 3. The Labute approximate surface area is 178 Å². The average molecular weight is 401 g/mol. The van der Waals surface area contributed by atoms with E-state index in [0.29, 0.717) is 18.4 Å². The average Bonchev–Trinajstić information content (AvgIpc) is 2.77. The van der Waals surface area contributed by atoms with Crippen LogP contribution in [0.1, 0.15) is 47.7 Å². The second-order valence-electron chi connectivity index (χ2n) is 7.79. The topological polar surface area (TPSA) is 54.4 Å². The van der Waals surface area contributed by atoms with E-state index in [-0.39, 0.29) is 11.7 Å². The zero-order chi connectivity index (χ0) is 21.3. The van der Waals surface area contributed by atoms with Crippen LogP contribution in [0.5, 0.6) is 0 Å². The predicted molar refractivity (Wildman–Crippen MR) is 121 cm³/mol. The molecule has 3 aromatic carbocycles. The largest absolute Gasteiger partial charge is 0.481 e. The van der Waals surface area contributed by atoms with Crippen molar-refractivity contribution >= 4 is 11.8 Å². The van der Waals surface area contributed by atoms with Crippen LogP contribution in [0.25, 0.3) is 11.1 Å². The standard InChI is InChI=1S/C27H28O3/c1-20(28)25-11-6-12-26(19-25)23-16-13-22(14-17-23)15-18-24(27(29)30)10-5-9-21-7-3-2-4-8-21/h2-4,6-8,11-14,16-17,19,24H,5,9-10,15,18H2,1H3,(H,29,30). The zero-order valence-electron chi connectivity index (χ0n) is 17.4. The van der Waals surface area contributed by atoms with Crippen LogP contribution in [0.4, 0.5) is 0 Å². The van der Waals surface area contributed by atoms with Crippen LogP contribution in [-0.4, -0.2) is 16.9 Å². The molecule has 0 spiro atoms. The first kappa shape index (κ1) is 21.5. The van der Waals surface area contributed by atoms with E-state index in [4.69, 9.17) is 0 Å². The quantitative estimate of drug-likeness (QED) is 0.412. The lowest BCUT2D eigenvalue weighted by atomic mass is 9.93. The number of carbonyl (C=O) groups is 2. The number of aliphatic carboxylic acids is 1. The van der Waals surface area contributed by atoms with E-state index < -0.39 is 5.97 Å². The number of Topliss-reactive ketones (excluding diaryl/α,β-unsaturated/α-hetero) is 1. The summed E-state index contributed by atoms with van der Waals surface area (Å²) >= 11 is 0. The van der Waals surface area contributed by atoms with Crippen molar-refractivity contribution in [2.24, 2.45) is 5.92 Å². The summed E-state index contributed by atoms with van der Waals surface area (Å²) < 4.78 is 0. The Kier molecular flexibility index (Phi) is 7.56. The molecule has 0 aliphatic rings. The summed E-state index contributed by atoms with van der Waals surface area (Å²) in [5.41, 5.74) is 5.16. The number of hydrogen-bond donors (Lipinski definition) is 1. The molecule has 1 unspecified atom stereocenters. The number of hydrogen-bond acceptors (Lipinski definition) is 2. The maximum atomic E-state index is 11.7. The second kappa shape index (κ2) is 10.5. The van der Waals surface area contributed by atoms with Gasteiger partial charge in [0.05, 0.1) is 5.92 Å². The summed E-state index contributed by atoms with van der Waals surface area (Å²) in [5, 5.41) is 9.58. The normalized spacial score (nSPS) is 11.8. The molecule has 3 nitrogen and oxygen atoms in total. The first-order valence-corrected chi connectivity index (χ1v) is 10.5. The first-order valence-electron chi connectivity index (χ1n) is 10.5. The van der Waals surface area contributed by atoms with E-state index in [1.54, 1.807) is 6.92 Å². The van der Waals surface area contributed by atoms with E-state index in [0.717, 1.165) is 36.0 Å². The molecule has 0 bridgehead atoms. The molecule has 30 heavy (non-hydrogen) atoms. The van der Waals surface area contributed by atoms with E-state index >= 15 is 0 Å². The van der Waals surface area contributed by atoms with E-state index in [2.05, 4.69) is 24.3 Å². The molecule has 0 aliphatic heterocycles. The minimum absolute atomic E-state index is 0.0560. The highest BCUT2D eigenvalue weighted by molar-refractivity contribution is 5.95. The minimum atomic E-state index is -0.708. The number of ketones is 1. The highest BCUT2D eigenvalue weighted by Gasteiger charge is 2.17. The van der Waals surface area contributed by atoms with Gasteiger partial charge >= 0.3 is 5.97 Å². The number of aryl methyl sites for hydroxylation is 2. The van der Waals surface area contributed by atoms with Crippen molar-refractivity contribution in [1.82, 2.24) is 0 Å². The SMILES string of the molecule is CC(=O)c1cccc(-c2ccc(CCC(CCCc3ccccc3)C(=O)O)cc2)c1. The van der Waals surface area contributed by atoms with E-state index in [1.807, 2.05) is 54.6 Å². The van der Waals surface area contributed by atoms with Gasteiger partial charge < -0.3 is 5.11 Å². The lowest BCUT2D eigenvalue weighted by Crippen LogP contribution is -2.15. The third kappa shape index (κ3) is 6.15. The molecule has 3 heteroatoms. The Balaban J connectivity index is 1.55. The van der Waals surface area contributed by atoms with Gasteiger partial charge in [-0.05, 0) is 67.3 Å². The molecule has 0 amide bonds. The number of rotatable bonds is 10. The van der Waals surface area contributed by atoms with Gasteiger partial charge in [-0.2, -0.15) is 0 Å². The molecule has 1 N–H and O–H groups in total. The zero-order valence-corrected chi connectivity index (χ0v) is 17.4. The second-order valence-corrected chi connectivity index (χ2v) is 7.79. The molecule has 0 saturated heterocycles. The van der Waals surface area contributed by atoms with Gasteiger partial charge in [-0.3, -0.25) is 9.59 Å². The van der Waals surface area contributed by atoms with Crippen molar-refractivity contribution < 1.29 is 14.7 Å². The molecule has 0 fully saturated rings. The van der Waals surface area contributed by atoms with Crippen LogP contribution in [-0.2, 0) is 17.6 Å². The van der Waals surface area contributed by atoms with Gasteiger partial charge in [0.25, 0.3) is 0 Å². The molecule has 0 aromatic heterocycles. The Morgan fingerprint density at radius 3 is 2.13 bits per heavy atom. The fraction of sp³-hybridized carbons (Fsp3) is 0.259. The molecular formula is C27H28O3. The first-order chi connectivity index (χ1) is 14.5. The third-order valence-corrected chi connectivity index (χ3v) is 5.55. The molecule has 3 rings (SSSR count). The summed E-state index contributed by atoms with van der Waals surface area (Å²) in [5.74, 6) is -0.971. The highest BCUT2D eigenvalue weighted by atomic mass is 16.4. The lowest BCUT2D eigenvalue weighted by molar-refractivity contribution is -0.142. The van der Waals surface area contributed by atoms with Gasteiger partial charge in [0.15, 0.2) is 5.78 Å². The molecule has 3 aromatic rings. The van der Waals surface area contributed by atoms with Gasteiger partial charge in [-0.1, -0.05) is 72.8 Å². The van der Waals surface area contributed by atoms with Gasteiger partial charge in [-0.25, -0.2) is 0 Å². The van der Waals surface area contributed by atoms with Gasteiger partial charge in [0.1, 0.15) is 0 Å². The predicted octanol–water partition coefficient (Wildman–Crippen LogP) is 6.21. The lowest BCUT2D eigenvalue weighted by Gasteiger charge is -2.13. The number of carboxylic acid groups (broad SMARTS) is 1. The maximum absolute atomic E-state index is 11.7. The summed E-state index contributed by atoms with van der Waals surface area (Å²) in [6, 6.07) is 26.0. The molecule has 1 atom stereocenters. The van der Waals surface area contributed by atoms with E-state index in [1.165, 1.54) is 5.56 Å². The van der Waals surface area contributed by atoms with Crippen molar-refractivity contribution in [3.05, 3.63) is 95.6 Å².